The first kappa shape index (κ1) is 14.0. The third-order valence-electron chi connectivity index (χ3n) is 3.42. The summed E-state index contributed by atoms with van der Waals surface area (Å²) in [5, 5.41) is 0.921. The summed E-state index contributed by atoms with van der Waals surface area (Å²) in [7, 11) is 0. The van der Waals surface area contributed by atoms with E-state index in [2.05, 4.69) is 20.9 Å². The third kappa shape index (κ3) is 3.03. The van der Waals surface area contributed by atoms with Gasteiger partial charge in [0.25, 0.3) is 0 Å². The lowest BCUT2D eigenvalue weighted by molar-refractivity contribution is 0.0994. The number of aromatic nitrogens is 1. The highest BCUT2D eigenvalue weighted by Gasteiger charge is 2.12. The zero-order valence-corrected chi connectivity index (χ0v) is 13.2. The quantitative estimate of drug-likeness (QED) is 0.645. The number of hydrogen-bond acceptors (Lipinski definition) is 2. The number of para-hydroxylation sites is 1. The molecule has 104 valence electrons. The van der Waals surface area contributed by atoms with E-state index in [0.717, 1.165) is 32.2 Å². The molecule has 0 N–H and O–H groups in total. The third-order valence-corrected chi connectivity index (χ3v) is 3.95. The van der Waals surface area contributed by atoms with Crippen LogP contribution in [0.5, 0.6) is 0 Å². The molecule has 0 saturated heterocycles. The van der Waals surface area contributed by atoms with Crippen molar-refractivity contribution in [2.75, 3.05) is 0 Å². The molecule has 0 fully saturated rings. The second kappa shape index (κ2) is 5.78. The van der Waals surface area contributed by atoms with Gasteiger partial charge in [0.1, 0.15) is 0 Å². The molecule has 2 aromatic carbocycles. The second-order valence-electron chi connectivity index (χ2n) is 5.05. The molecule has 0 amide bonds. The average molecular weight is 340 g/mol. The lowest BCUT2D eigenvalue weighted by Crippen LogP contribution is -2.05. The van der Waals surface area contributed by atoms with Crippen molar-refractivity contribution >= 4 is 32.6 Å². The van der Waals surface area contributed by atoms with E-state index in [0.29, 0.717) is 6.42 Å². The van der Waals surface area contributed by atoms with Crippen LogP contribution in [0.1, 0.15) is 21.6 Å². The highest BCUT2D eigenvalue weighted by atomic mass is 79.9. The van der Waals surface area contributed by atoms with Gasteiger partial charge in [0.15, 0.2) is 5.78 Å². The van der Waals surface area contributed by atoms with Crippen molar-refractivity contribution in [3.8, 4) is 0 Å². The van der Waals surface area contributed by atoms with Crippen LogP contribution in [0.15, 0.2) is 59.1 Å². The standard InChI is InChI=1S/C18H14BrNO/c1-12-10-16(15-4-2-3-5-17(15)20-12)18(21)11-13-6-8-14(19)9-7-13/h2-10H,11H2,1H3. The topological polar surface area (TPSA) is 30.0 Å². The summed E-state index contributed by atoms with van der Waals surface area (Å²) in [6, 6.07) is 17.5. The highest BCUT2D eigenvalue weighted by molar-refractivity contribution is 9.10. The monoisotopic (exact) mass is 339 g/mol. The van der Waals surface area contributed by atoms with Crippen LogP contribution in [-0.2, 0) is 6.42 Å². The predicted octanol–water partition coefficient (Wildman–Crippen LogP) is 4.73. The first-order valence-electron chi connectivity index (χ1n) is 6.77. The number of nitrogens with zero attached hydrogens (tertiary/aromatic N) is 1. The molecular weight excluding hydrogens is 326 g/mol. The Labute approximate surface area is 132 Å². The van der Waals surface area contributed by atoms with Crippen LogP contribution in [0.4, 0.5) is 0 Å². The summed E-state index contributed by atoms with van der Waals surface area (Å²) >= 11 is 3.41. The van der Waals surface area contributed by atoms with Gasteiger partial charge in [-0.2, -0.15) is 0 Å². The molecule has 0 bridgehead atoms. The van der Waals surface area contributed by atoms with E-state index in [1.165, 1.54) is 0 Å². The van der Waals surface area contributed by atoms with Gasteiger partial charge in [0, 0.05) is 27.5 Å². The van der Waals surface area contributed by atoms with Crippen LogP contribution < -0.4 is 0 Å². The molecule has 0 saturated carbocycles. The summed E-state index contributed by atoms with van der Waals surface area (Å²) in [4.78, 5) is 17.1. The molecule has 21 heavy (non-hydrogen) atoms. The van der Waals surface area contributed by atoms with Gasteiger partial charge < -0.3 is 0 Å². The molecule has 3 aromatic rings. The number of fused-ring (bicyclic) bond motifs is 1. The number of benzene rings is 2. The number of rotatable bonds is 3. The maximum absolute atomic E-state index is 12.6. The molecule has 0 unspecified atom stereocenters. The molecule has 0 radical (unpaired) electrons. The van der Waals surface area contributed by atoms with Crippen molar-refractivity contribution in [1.29, 1.82) is 0 Å². The smallest absolute Gasteiger partial charge is 0.167 e. The van der Waals surface area contributed by atoms with Crippen LogP contribution in [-0.4, -0.2) is 10.8 Å². The molecule has 0 aliphatic heterocycles. The number of ketones is 1. The van der Waals surface area contributed by atoms with E-state index in [4.69, 9.17) is 0 Å². The second-order valence-corrected chi connectivity index (χ2v) is 5.97. The van der Waals surface area contributed by atoms with Crippen LogP contribution in [0, 0.1) is 6.92 Å². The van der Waals surface area contributed by atoms with Crippen LogP contribution in [0.3, 0.4) is 0 Å². The van der Waals surface area contributed by atoms with Crippen LogP contribution in [0.25, 0.3) is 10.9 Å². The van der Waals surface area contributed by atoms with Gasteiger partial charge in [0.05, 0.1) is 5.52 Å². The Bertz CT molecular complexity index is 809. The van der Waals surface area contributed by atoms with Gasteiger partial charge in [-0.05, 0) is 36.8 Å². The Morgan fingerprint density at radius 3 is 2.57 bits per heavy atom. The lowest BCUT2D eigenvalue weighted by Gasteiger charge is -2.07. The van der Waals surface area contributed by atoms with Crippen LogP contribution in [0.2, 0.25) is 0 Å². The lowest BCUT2D eigenvalue weighted by atomic mass is 9.99. The first-order chi connectivity index (χ1) is 10.1. The van der Waals surface area contributed by atoms with Gasteiger partial charge in [-0.15, -0.1) is 0 Å². The predicted molar refractivity (Wildman–Crippen MR) is 88.7 cm³/mol. The Balaban J connectivity index is 1.99. The summed E-state index contributed by atoms with van der Waals surface area (Å²) in [6.07, 6.45) is 0.403. The van der Waals surface area contributed by atoms with Gasteiger partial charge in [-0.1, -0.05) is 46.3 Å². The maximum Gasteiger partial charge on any atom is 0.167 e. The summed E-state index contributed by atoms with van der Waals surface area (Å²) in [5.74, 6) is 0.124. The molecular formula is C18H14BrNO. The van der Waals surface area contributed by atoms with Crippen molar-refractivity contribution in [2.45, 2.75) is 13.3 Å². The summed E-state index contributed by atoms with van der Waals surface area (Å²) in [5.41, 5.74) is 3.51. The number of aryl methyl sites for hydroxylation is 1. The van der Waals surface area contributed by atoms with Gasteiger partial charge in [0.2, 0.25) is 0 Å². The van der Waals surface area contributed by atoms with Gasteiger partial charge >= 0.3 is 0 Å². The van der Waals surface area contributed by atoms with E-state index in [1.54, 1.807) is 0 Å². The van der Waals surface area contributed by atoms with E-state index in [9.17, 15) is 4.79 Å². The SMILES string of the molecule is Cc1cc(C(=O)Cc2ccc(Br)cc2)c2ccccc2n1. The first-order valence-corrected chi connectivity index (χ1v) is 7.57. The molecule has 0 aliphatic carbocycles. The van der Waals surface area contributed by atoms with Crippen molar-refractivity contribution < 1.29 is 4.79 Å². The maximum atomic E-state index is 12.6. The molecule has 3 heteroatoms. The Morgan fingerprint density at radius 2 is 1.81 bits per heavy atom. The van der Waals surface area contributed by atoms with E-state index in [-0.39, 0.29) is 5.78 Å². The molecule has 2 nitrogen and oxygen atoms in total. The largest absolute Gasteiger partial charge is 0.294 e. The van der Waals surface area contributed by atoms with E-state index in [1.807, 2.05) is 61.5 Å². The minimum Gasteiger partial charge on any atom is -0.294 e. The molecule has 1 aromatic heterocycles. The highest BCUT2D eigenvalue weighted by Crippen LogP contribution is 2.20. The van der Waals surface area contributed by atoms with Crippen LogP contribution >= 0.6 is 15.9 Å². The summed E-state index contributed by atoms with van der Waals surface area (Å²) in [6.45, 7) is 1.92. The number of Topliss-reactive ketones (excluding diaryl/α,β-unsaturated/α-hetero) is 1. The minimum absolute atomic E-state index is 0.124. The number of carbonyl (C=O) groups is 1. The van der Waals surface area contributed by atoms with E-state index < -0.39 is 0 Å². The zero-order valence-electron chi connectivity index (χ0n) is 11.6. The van der Waals surface area contributed by atoms with Crippen molar-refractivity contribution in [3.63, 3.8) is 0 Å². The Hall–Kier alpha value is -2.00. The van der Waals surface area contributed by atoms with E-state index >= 15 is 0 Å². The number of halogens is 1. The Morgan fingerprint density at radius 1 is 1.10 bits per heavy atom. The molecule has 1 heterocycles. The molecule has 0 spiro atoms. The Kier molecular flexibility index (Phi) is 3.84. The molecule has 0 atom stereocenters. The van der Waals surface area contributed by atoms with Crippen molar-refractivity contribution in [3.05, 3.63) is 75.9 Å². The van der Waals surface area contributed by atoms with Gasteiger partial charge in [-0.3, -0.25) is 9.78 Å². The van der Waals surface area contributed by atoms with Gasteiger partial charge in [-0.25, -0.2) is 0 Å². The average Bonchev–Trinajstić information content (AvgIpc) is 2.48. The zero-order chi connectivity index (χ0) is 14.8. The normalized spacial score (nSPS) is 10.8. The number of carbonyl (C=O) groups excluding carboxylic acids is 1. The molecule has 0 aliphatic rings. The fraction of sp³-hybridized carbons (Fsp3) is 0.111. The summed E-state index contributed by atoms with van der Waals surface area (Å²) < 4.78 is 1.02. The molecule has 3 rings (SSSR count). The fourth-order valence-electron chi connectivity index (χ4n) is 2.42. The van der Waals surface area contributed by atoms with Crippen molar-refractivity contribution in [2.24, 2.45) is 0 Å². The van der Waals surface area contributed by atoms with Crippen molar-refractivity contribution in [1.82, 2.24) is 4.98 Å². The fourth-order valence-corrected chi connectivity index (χ4v) is 2.69. The number of hydrogen-bond donors (Lipinski definition) is 0. The minimum atomic E-state index is 0.124. The number of pyridine rings is 1.